The molecule has 0 unspecified atom stereocenters. The molecule has 21 heavy (non-hydrogen) atoms. The molecule has 10 heteroatoms. The van der Waals surface area contributed by atoms with Gasteiger partial charge in [0, 0.05) is 16.6 Å². The Hall–Kier alpha value is -1.13. The van der Waals surface area contributed by atoms with Crippen LogP contribution in [0.25, 0.3) is 0 Å². The van der Waals surface area contributed by atoms with Gasteiger partial charge in [0.05, 0.1) is 11.3 Å². The van der Waals surface area contributed by atoms with Crippen molar-refractivity contribution in [2.24, 2.45) is 5.14 Å². The summed E-state index contributed by atoms with van der Waals surface area (Å²) in [4.78, 5) is 11.4. The highest BCUT2D eigenvalue weighted by atomic mass is 79.9. The summed E-state index contributed by atoms with van der Waals surface area (Å²) in [7, 11) is -4.06. The number of halogens is 4. The summed E-state index contributed by atoms with van der Waals surface area (Å²) in [5.41, 5.74) is 0.337. The van der Waals surface area contributed by atoms with Gasteiger partial charge in [0.2, 0.25) is 10.0 Å². The van der Waals surface area contributed by atoms with Crippen LogP contribution in [0.5, 0.6) is 0 Å². The average Bonchev–Trinajstić information content (AvgIpc) is 2.29. The van der Waals surface area contributed by atoms with Crippen molar-refractivity contribution in [3.05, 3.63) is 27.7 Å². The number of carbonyl (C=O) groups is 1. The lowest BCUT2D eigenvalue weighted by molar-refractivity contribution is -0.132. The molecule has 0 aromatic heterocycles. The molecule has 118 valence electrons. The number of primary sulfonamides is 1. The Morgan fingerprint density at radius 2 is 1.95 bits per heavy atom. The van der Waals surface area contributed by atoms with Gasteiger partial charge in [0.15, 0.2) is 0 Å². The SMILES string of the molecule is Cc1cc(C(=O)NCCC(F)(F)F)cc(S(N)(=O)=O)c1Br. The van der Waals surface area contributed by atoms with Crippen molar-refractivity contribution in [3.63, 3.8) is 0 Å². The Morgan fingerprint density at radius 1 is 1.38 bits per heavy atom. The molecular weight excluding hydrogens is 377 g/mol. The molecule has 0 saturated heterocycles. The van der Waals surface area contributed by atoms with Gasteiger partial charge in [0.25, 0.3) is 5.91 Å². The third kappa shape index (κ3) is 5.29. The molecule has 0 aliphatic heterocycles. The van der Waals surface area contributed by atoms with Crippen LogP contribution in [0, 0.1) is 6.92 Å². The van der Waals surface area contributed by atoms with Gasteiger partial charge >= 0.3 is 6.18 Å². The van der Waals surface area contributed by atoms with Gasteiger partial charge in [-0.15, -0.1) is 0 Å². The molecule has 1 aromatic rings. The van der Waals surface area contributed by atoms with E-state index < -0.39 is 35.1 Å². The monoisotopic (exact) mass is 388 g/mol. The minimum absolute atomic E-state index is 0.0816. The first-order valence-corrected chi connectivity index (χ1v) is 7.93. The van der Waals surface area contributed by atoms with Gasteiger partial charge in [-0.05, 0) is 40.5 Å². The highest BCUT2D eigenvalue weighted by Gasteiger charge is 2.27. The van der Waals surface area contributed by atoms with E-state index in [2.05, 4.69) is 21.2 Å². The number of carbonyl (C=O) groups excluding carboxylic acids is 1. The van der Waals surface area contributed by atoms with E-state index in [0.717, 1.165) is 6.07 Å². The van der Waals surface area contributed by atoms with Crippen molar-refractivity contribution in [1.29, 1.82) is 0 Å². The number of rotatable bonds is 4. The van der Waals surface area contributed by atoms with Gasteiger partial charge < -0.3 is 5.32 Å². The van der Waals surface area contributed by atoms with E-state index in [1.807, 2.05) is 0 Å². The Kier molecular flexibility index (Phi) is 5.40. The summed E-state index contributed by atoms with van der Waals surface area (Å²) in [5.74, 6) is -0.806. The van der Waals surface area contributed by atoms with Crippen LogP contribution in [0.2, 0.25) is 0 Å². The third-order valence-electron chi connectivity index (χ3n) is 2.48. The van der Waals surface area contributed by atoms with Crippen molar-refractivity contribution < 1.29 is 26.4 Å². The second kappa shape index (κ2) is 6.32. The average molecular weight is 389 g/mol. The lowest BCUT2D eigenvalue weighted by Crippen LogP contribution is -2.28. The van der Waals surface area contributed by atoms with Crippen molar-refractivity contribution in [1.82, 2.24) is 5.32 Å². The molecule has 0 bridgehead atoms. The lowest BCUT2D eigenvalue weighted by atomic mass is 10.1. The number of hydrogen-bond donors (Lipinski definition) is 2. The smallest absolute Gasteiger partial charge is 0.352 e. The van der Waals surface area contributed by atoms with Crippen LogP contribution >= 0.6 is 15.9 Å². The Morgan fingerprint density at radius 3 is 2.43 bits per heavy atom. The Labute approximate surface area is 127 Å². The molecule has 0 aliphatic rings. The van der Waals surface area contributed by atoms with E-state index in [1.165, 1.54) is 13.0 Å². The van der Waals surface area contributed by atoms with Crippen molar-refractivity contribution in [2.75, 3.05) is 6.54 Å². The molecule has 0 radical (unpaired) electrons. The summed E-state index contributed by atoms with van der Waals surface area (Å²) >= 11 is 3.04. The van der Waals surface area contributed by atoms with E-state index >= 15 is 0 Å². The minimum atomic E-state index is -4.38. The maximum Gasteiger partial charge on any atom is 0.390 e. The number of nitrogens with two attached hydrogens (primary N) is 1. The molecule has 5 nitrogen and oxygen atoms in total. The topological polar surface area (TPSA) is 89.3 Å². The quantitative estimate of drug-likeness (QED) is 0.827. The highest BCUT2D eigenvalue weighted by molar-refractivity contribution is 9.10. The zero-order valence-electron chi connectivity index (χ0n) is 10.8. The van der Waals surface area contributed by atoms with Crippen molar-refractivity contribution in [2.45, 2.75) is 24.4 Å². The van der Waals surface area contributed by atoms with Crippen LogP contribution in [-0.4, -0.2) is 27.0 Å². The predicted molar refractivity (Wildman–Crippen MR) is 73.3 cm³/mol. The maximum absolute atomic E-state index is 12.0. The maximum atomic E-state index is 12.0. The predicted octanol–water partition coefficient (Wildman–Crippen LogP) is 2.09. The minimum Gasteiger partial charge on any atom is -0.352 e. The summed E-state index contributed by atoms with van der Waals surface area (Å²) in [5, 5.41) is 7.09. The largest absolute Gasteiger partial charge is 0.390 e. The van der Waals surface area contributed by atoms with Gasteiger partial charge in [-0.1, -0.05) is 0 Å². The fourth-order valence-electron chi connectivity index (χ4n) is 1.50. The van der Waals surface area contributed by atoms with Crippen LogP contribution in [0.4, 0.5) is 13.2 Å². The Bertz CT molecular complexity index is 659. The third-order valence-corrected chi connectivity index (χ3v) is 4.73. The number of nitrogens with one attached hydrogen (secondary N) is 1. The van der Waals surface area contributed by atoms with Crippen LogP contribution in [0.3, 0.4) is 0 Å². The fourth-order valence-corrected chi connectivity index (χ4v) is 3.10. The summed E-state index contributed by atoms with van der Waals surface area (Å²) in [6.07, 6.45) is -5.55. The molecule has 0 atom stereocenters. The van der Waals surface area contributed by atoms with Gasteiger partial charge in [0.1, 0.15) is 0 Å². The fraction of sp³-hybridized carbons (Fsp3) is 0.364. The summed E-state index contributed by atoms with van der Waals surface area (Å²) in [6, 6.07) is 2.36. The number of hydrogen-bond acceptors (Lipinski definition) is 3. The van der Waals surface area contributed by atoms with Crippen molar-refractivity contribution >= 4 is 31.9 Å². The molecule has 0 saturated carbocycles. The highest BCUT2D eigenvalue weighted by Crippen LogP contribution is 2.26. The van der Waals surface area contributed by atoms with Crippen LogP contribution < -0.4 is 10.5 Å². The van der Waals surface area contributed by atoms with E-state index in [-0.39, 0.29) is 14.9 Å². The molecule has 1 amide bonds. The molecule has 1 rings (SSSR count). The second-order valence-electron chi connectivity index (χ2n) is 4.27. The number of amides is 1. The van der Waals surface area contributed by atoms with E-state index in [9.17, 15) is 26.4 Å². The first kappa shape index (κ1) is 17.9. The number of aryl methyl sites for hydroxylation is 1. The molecule has 0 aliphatic carbocycles. The first-order chi connectivity index (χ1) is 9.42. The lowest BCUT2D eigenvalue weighted by Gasteiger charge is -2.11. The standard InChI is InChI=1S/C11H12BrF3N2O3S/c1-6-4-7(5-8(9(6)12)21(16,19)20)10(18)17-3-2-11(13,14)15/h4-5H,2-3H2,1H3,(H,17,18)(H2,16,19,20). The first-order valence-electron chi connectivity index (χ1n) is 5.60. The second-order valence-corrected chi connectivity index (χ2v) is 6.59. The van der Waals surface area contributed by atoms with Crippen LogP contribution in [0.15, 0.2) is 21.5 Å². The van der Waals surface area contributed by atoms with Gasteiger partial charge in [-0.2, -0.15) is 13.2 Å². The Balaban J connectivity index is 2.99. The van der Waals surface area contributed by atoms with Crippen molar-refractivity contribution in [3.8, 4) is 0 Å². The summed E-state index contributed by atoms with van der Waals surface area (Å²) < 4.78 is 59.0. The number of alkyl halides is 3. The van der Waals surface area contributed by atoms with Gasteiger partial charge in [-0.25, -0.2) is 13.6 Å². The zero-order valence-corrected chi connectivity index (χ0v) is 13.2. The molecular formula is C11H12BrF3N2O3S. The zero-order chi connectivity index (χ0) is 16.4. The van der Waals surface area contributed by atoms with E-state index in [0.29, 0.717) is 5.56 Å². The molecule has 0 fully saturated rings. The summed E-state index contributed by atoms with van der Waals surface area (Å²) in [6.45, 7) is 0.938. The molecule has 1 aromatic carbocycles. The molecule has 0 spiro atoms. The van der Waals surface area contributed by atoms with E-state index in [1.54, 1.807) is 0 Å². The normalized spacial score (nSPS) is 12.3. The number of sulfonamides is 1. The van der Waals surface area contributed by atoms with Gasteiger partial charge in [-0.3, -0.25) is 4.79 Å². The van der Waals surface area contributed by atoms with E-state index in [4.69, 9.17) is 5.14 Å². The molecule has 3 N–H and O–H groups in total. The number of benzene rings is 1. The molecule has 0 heterocycles. The van der Waals surface area contributed by atoms with Crippen LogP contribution in [-0.2, 0) is 10.0 Å². The van der Waals surface area contributed by atoms with Crippen LogP contribution in [0.1, 0.15) is 22.3 Å².